The normalized spacial score (nSPS) is 11.6. The molecule has 0 aromatic carbocycles. The van der Waals surface area contributed by atoms with Crippen molar-refractivity contribution in [3.8, 4) is 11.3 Å². The second-order valence-electron chi connectivity index (χ2n) is 4.05. The maximum absolute atomic E-state index is 12.9. The second kappa shape index (κ2) is 4.49. The molecule has 100 valence electrons. The number of hydrogen-bond acceptors (Lipinski definition) is 4. The van der Waals surface area contributed by atoms with Gasteiger partial charge in [-0.3, -0.25) is 4.98 Å². The molecule has 7 heteroatoms. The quantitative estimate of drug-likeness (QED) is 0.863. The smallest absolute Gasteiger partial charge is 0.382 e. The molecule has 2 aromatic heterocycles. The summed E-state index contributed by atoms with van der Waals surface area (Å²) in [5.74, 6) is -0.0402. The van der Waals surface area contributed by atoms with Crippen molar-refractivity contribution in [3.63, 3.8) is 0 Å². The summed E-state index contributed by atoms with van der Waals surface area (Å²) in [6, 6.07) is 0.894. The van der Waals surface area contributed by atoms with E-state index in [0.29, 0.717) is 11.4 Å². The van der Waals surface area contributed by atoms with Gasteiger partial charge in [0, 0.05) is 18.0 Å². The highest BCUT2D eigenvalue weighted by Gasteiger charge is 2.34. The SMILES string of the molecule is Cc1nc(N)c(-c2cnccc2C(F)(F)F)nc1C. The summed E-state index contributed by atoms with van der Waals surface area (Å²) in [7, 11) is 0. The van der Waals surface area contributed by atoms with Crippen LogP contribution in [0.4, 0.5) is 19.0 Å². The van der Waals surface area contributed by atoms with Gasteiger partial charge < -0.3 is 5.73 Å². The van der Waals surface area contributed by atoms with Crippen molar-refractivity contribution in [3.05, 3.63) is 35.4 Å². The van der Waals surface area contributed by atoms with Gasteiger partial charge in [-0.25, -0.2) is 9.97 Å². The number of halogens is 3. The molecule has 2 rings (SSSR count). The molecular weight excluding hydrogens is 257 g/mol. The predicted molar refractivity (Wildman–Crippen MR) is 64.2 cm³/mol. The van der Waals surface area contributed by atoms with Crippen molar-refractivity contribution in [2.75, 3.05) is 5.73 Å². The molecule has 2 aromatic rings. The van der Waals surface area contributed by atoms with Crippen molar-refractivity contribution in [1.29, 1.82) is 0 Å². The molecular formula is C12H11F3N4. The lowest BCUT2D eigenvalue weighted by Crippen LogP contribution is -2.10. The third-order valence-electron chi connectivity index (χ3n) is 2.72. The van der Waals surface area contributed by atoms with E-state index in [-0.39, 0.29) is 17.1 Å². The fourth-order valence-corrected chi connectivity index (χ4v) is 1.65. The van der Waals surface area contributed by atoms with Crippen LogP contribution in [0.5, 0.6) is 0 Å². The monoisotopic (exact) mass is 268 g/mol. The molecule has 2 N–H and O–H groups in total. The molecule has 19 heavy (non-hydrogen) atoms. The predicted octanol–water partition coefficient (Wildman–Crippen LogP) is 2.76. The van der Waals surface area contributed by atoms with Crippen molar-refractivity contribution in [2.24, 2.45) is 0 Å². The Morgan fingerprint density at radius 2 is 1.74 bits per heavy atom. The summed E-state index contributed by atoms with van der Waals surface area (Å²) < 4.78 is 38.8. The van der Waals surface area contributed by atoms with Crippen LogP contribution < -0.4 is 5.73 Å². The fourth-order valence-electron chi connectivity index (χ4n) is 1.65. The number of rotatable bonds is 1. The Balaban J connectivity index is 2.70. The second-order valence-corrected chi connectivity index (χ2v) is 4.05. The Kier molecular flexibility index (Phi) is 3.13. The third kappa shape index (κ3) is 2.49. The molecule has 0 saturated heterocycles. The molecule has 0 unspecified atom stereocenters. The van der Waals surface area contributed by atoms with Crippen molar-refractivity contribution >= 4 is 5.82 Å². The van der Waals surface area contributed by atoms with Gasteiger partial charge in [0.15, 0.2) is 0 Å². The summed E-state index contributed by atoms with van der Waals surface area (Å²) in [4.78, 5) is 11.8. The molecule has 4 nitrogen and oxygen atoms in total. The van der Waals surface area contributed by atoms with Crippen molar-refractivity contribution in [2.45, 2.75) is 20.0 Å². The van der Waals surface area contributed by atoms with Gasteiger partial charge in [-0.1, -0.05) is 0 Å². The number of nitrogens with zero attached hydrogens (tertiary/aromatic N) is 3. The highest BCUT2D eigenvalue weighted by atomic mass is 19.4. The number of aromatic nitrogens is 3. The van der Waals surface area contributed by atoms with Gasteiger partial charge in [-0.05, 0) is 19.9 Å². The number of aryl methyl sites for hydroxylation is 2. The van der Waals surface area contributed by atoms with E-state index in [4.69, 9.17) is 5.73 Å². The van der Waals surface area contributed by atoms with Gasteiger partial charge in [0.1, 0.15) is 11.5 Å². The molecule has 2 heterocycles. The molecule has 0 aliphatic carbocycles. The zero-order valence-corrected chi connectivity index (χ0v) is 10.3. The Hall–Kier alpha value is -2.18. The zero-order chi connectivity index (χ0) is 14.2. The Morgan fingerprint density at radius 3 is 2.37 bits per heavy atom. The van der Waals surface area contributed by atoms with E-state index in [1.165, 1.54) is 0 Å². The van der Waals surface area contributed by atoms with Crippen LogP contribution in [0.25, 0.3) is 11.3 Å². The zero-order valence-electron chi connectivity index (χ0n) is 10.3. The van der Waals surface area contributed by atoms with Crippen molar-refractivity contribution in [1.82, 2.24) is 15.0 Å². The van der Waals surface area contributed by atoms with Gasteiger partial charge in [-0.15, -0.1) is 0 Å². The standard InChI is InChI=1S/C12H11F3N4/c1-6-7(2)19-11(16)10(18-6)8-5-17-4-3-9(8)12(13,14)15/h3-5H,1-2H3,(H2,16,19). The minimum atomic E-state index is -4.49. The van der Waals surface area contributed by atoms with Crippen LogP contribution in [-0.2, 0) is 6.18 Å². The largest absolute Gasteiger partial charge is 0.417 e. The number of nitrogen functional groups attached to an aromatic ring is 1. The number of anilines is 1. The average Bonchev–Trinajstić information content (AvgIpc) is 2.33. The van der Waals surface area contributed by atoms with Gasteiger partial charge in [0.05, 0.1) is 17.0 Å². The van der Waals surface area contributed by atoms with Crippen LogP contribution in [0.3, 0.4) is 0 Å². The Bertz CT molecular complexity index is 623. The van der Waals surface area contributed by atoms with E-state index in [1.807, 2.05) is 0 Å². The number of hydrogen-bond donors (Lipinski definition) is 1. The number of nitrogens with two attached hydrogens (primary N) is 1. The summed E-state index contributed by atoms with van der Waals surface area (Å²) in [5, 5.41) is 0. The van der Waals surface area contributed by atoms with Crippen LogP contribution in [0.2, 0.25) is 0 Å². The van der Waals surface area contributed by atoms with Crippen LogP contribution in [0, 0.1) is 13.8 Å². The molecule has 0 aliphatic heterocycles. The van der Waals surface area contributed by atoms with E-state index >= 15 is 0 Å². The van der Waals surface area contributed by atoms with Gasteiger partial charge >= 0.3 is 6.18 Å². The summed E-state index contributed by atoms with van der Waals surface area (Å²) in [6.45, 7) is 3.35. The van der Waals surface area contributed by atoms with Gasteiger partial charge in [-0.2, -0.15) is 13.2 Å². The number of pyridine rings is 1. The Labute approximate surface area is 107 Å². The average molecular weight is 268 g/mol. The molecule has 0 spiro atoms. The van der Waals surface area contributed by atoms with Crippen LogP contribution in [0.15, 0.2) is 18.5 Å². The molecule has 0 saturated carbocycles. The summed E-state index contributed by atoms with van der Waals surface area (Å²) in [5.41, 5.74) is 5.79. The minimum absolute atomic E-state index is 0.00326. The van der Waals surface area contributed by atoms with Gasteiger partial charge in [0.25, 0.3) is 0 Å². The van der Waals surface area contributed by atoms with Crippen LogP contribution in [-0.4, -0.2) is 15.0 Å². The molecule has 0 amide bonds. The first-order valence-corrected chi connectivity index (χ1v) is 5.43. The molecule has 0 bridgehead atoms. The van der Waals surface area contributed by atoms with Crippen LogP contribution >= 0.6 is 0 Å². The van der Waals surface area contributed by atoms with E-state index in [0.717, 1.165) is 18.5 Å². The fraction of sp³-hybridized carbons (Fsp3) is 0.250. The maximum atomic E-state index is 12.9. The summed E-state index contributed by atoms with van der Waals surface area (Å²) in [6.07, 6.45) is -2.32. The molecule has 0 radical (unpaired) electrons. The number of alkyl halides is 3. The molecule has 0 aliphatic rings. The van der Waals surface area contributed by atoms with Gasteiger partial charge in [0.2, 0.25) is 0 Å². The molecule has 0 fully saturated rings. The lowest BCUT2D eigenvalue weighted by atomic mass is 10.1. The molecule has 0 atom stereocenters. The topological polar surface area (TPSA) is 64.7 Å². The highest BCUT2D eigenvalue weighted by Crippen LogP contribution is 2.37. The van der Waals surface area contributed by atoms with E-state index < -0.39 is 11.7 Å². The lowest BCUT2D eigenvalue weighted by molar-refractivity contribution is -0.137. The first-order chi connectivity index (χ1) is 8.80. The first kappa shape index (κ1) is 13.3. The van der Waals surface area contributed by atoms with E-state index in [9.17, 15) is 13.2 Å². The first-order valence-electron chi connectivity index (χ1n) is 5.43. The maximum Gasteiger partial charge on any atom is 0.417 e. The summed E-state index contributed by atoms with van der Waals surface area (Å²) >= 11 is 0. The highest BCUT2D eigenvalue weighted by molar-refractivity contribution is 5.72. The van der Waals surface area contributed by atoms with Crippen LogP contribution in [0.1, 0.15) is 17.0 Å². The minimum Gasteiger partial charge on any atom is -0.382 e. The Morgan fingerprint density at radius 1 is 1.11 bits per heavy atom. The van der Waals surface area contributed by atoms with E-state index in [1.54, 1.807) is 13.8 Å². The van der Waals surface area contributed by atoms with E-state index in [2.05, 4.69) is 15.0 Å². The van der Waals surface area contributed by atoms with Crippen molar-refractivity contribution < 1.29 is 13.2 Å². The third-order valence-corrected chi connectivity index (χ3v) is 2.72. The lowest BCUT2D eigenvalue weighted by Gasteiger charge is -2.13.